The number of aliphatic carboxylic acids is 1. The highest BCUT2D eigenvalue weighted by molar-refractivity contribution is 5.73. The van der Waals surface area contributed by atoms with Crippen LogP contribution in [0.4, 0.5) is 17.6 Å². The van der Waals surface area contributed by atoms with Crippen LogP contribution in [0.3, 0.4) is 0 Å². The Hall–Kier alpha value is -2.49. The van der Waals surface area contributed by atoms with Crippen molar-refractivity contribution in [3.05, 3.63) is 41.2 Å². The molecule has 0 spiro atoms. The first-order valence-corrected chi connectivity index (χ1v) is 5.54. The standard InChI is InChI=1S/C11H8F4N4O2/c12-5-2-6(13)9(15)10(8(5)14)19-3-4(17-18-19)1-7(16)11(20)21/h2-3,7H,1,16H2,(H,20,21). The van der Waals surface area contributed by atoms with E-state index < -0.39 is 41.0 Å². The third-order valence-corrected chi connectivity index (χ3v) is 2.60. The molecule has 0 fully saturated rings. The van der Waals surface area contributed by atoms with E-state index in [-0.39, 0.29) is 18.2 Å². The van der Waals surface area contributed by atoms with Gasteiger partial charge in [0.15, 0.2) is 23.3 Å². The number of nitrogens with two attached hydrogens (primary N) is 1. The summed E-state index contributed by atoms with van der Waals surface area (Å²) in [6.45, 7) is 0. The zero-order chi connectivity index (χ0) is 15.7. The molecular weight excluding hydrogens is 296 g/mol. The van der Waals surface area contributed by atoms with Crippen LogP contribution in [0.5, 0.6) is 0 Å². The fraction of sp³-hybridized carbons (Fsp3) is 0.182. The van der Waals surface area contributed by atoms with Crippen molar-refractivity contribution < 1.29 is 27.5 Å². The number of hydrogen-bond donors (Lipinski definition) is 2. The molecule has 3 N–H and O–H groups in total. The van der Waals surface area contributed by atoms with Crippen molar-refractivity contribution in [3.63, 3.8) is 0 Å². The number of rotatable bonds is 4. The molecule has 1 aromatic heterocycles. The van der Waals surface area contributed by atoms with Gasteiger partial charge in [-0.2, -0.15) is 0 Å². The Bertz CT molecular complexity index is 678. The molecule has 0 aliphatic rings. The van der Waals surface area contributed by atoms with Crippen molar-refractivity contribution in [1.29, 1.82) is 0 Å². The summed E-state index contributed by atoms with van der Waals surface area (Å²) < 4.78 is 53.7. The van der Waals surface area contributed by atoms with E-state index in [1.807, 2.05) is 0 Å². The van der Waals surface area contributed by atoms with Gasteiger partial charge in [0, 0.05) is 12.5 Å². The minimum atomic E-state index is -1.65. The highest BCUT2D eigenvalue weighted by atomic mass is 19.2. The molecule has 1 heterocycles. The molecule has 0 saturated carbocycles. The van der Waals surface area contributed by atoms with Crippen LogP contribution in [0.25, 0.3) is 5.69 Å². The summed E-state index contributed by atoms with van der Waals surface area (Å²) in [7, 11) is 0. The Labute approximate surface area is 114 Å². The molecule has 0 amide bonds. The fourth-order valence-electron chi connectivity index (χ4n) is 1.58. The van der Waals surface area contributed by atoms with Gasteiger partial charge in [-0.3, -0.25) is 4.79 Å². The molecule has 10 heteroatoms. The number of hydrogen-bond acceptors (Lipinski definition) is 4. The maximum atomic E-state index is 13.5. The molecular formula is C11H8F4N4O2. The highest BCUT2D eigenvalue weighted by Gasteiger charge is 2.22. The van der Waals surface area contributed by atoms with Gasteiger partial charge < -0.3 is 10.8 Å². The van der Waals surface area contributed by atoms with Crippen molar-refractivity contribution in [2.24, 2.45) is 5.73 Å². The van der Waals surface area contributed by atoms with E-state index in [9.17, 15) is 22.4 Å². The van der Waals surface area contributed by atoms with Crippen LogP contribution < -0.4 is 5.73 Å². The molecule has 0 aliphatic heterocycles. The molecule has 21 heavy (non-hydrogen) atoms. The molecule has 1 unspecified atom stereocenters. The Kier molecular flexibility index (Phi) is 3.89. The molecule has 2 aromatic rings. The van der Waals surface area contributed by atoms with Crippen LogP contribution in [0.15, 0.2) is 12.3 Å². The molecule has 1 aromatic carbocycles. The SMILES string of the molecule is NC(Cc1cn(-c2c(F)c(F)cc(F)c2F)nn1)C(=O)O. The van der Waals surface area contributed by atoms with E-state index in [0.717, 1.165) is 6.20 Å². The maximum Gasteiger partial charge on any atom is 0.320 e. The average Bonchev–Trinajstić information content (AvgIpc) is 2.85. The van der Waals surface area contributed by atoms with Crippen LogP contribution in [-0.2, 0) is 11.2 Å². The third-order valence-electron chi connectivity index (χ3n) is 2.60. The first-order valence-electron chi connectivity index (χ1n) is 5.54. The lowest BCUT2D eigenvalue weighted by Gasteiger charge is -2.05. The fourth-order valence-corrected chi connectivity index (χ4v) is 1.58. The largest absolute Gasteiger partial charge is 0.480 e. The lowest BCUT2D eigenvalue weighted by atomic mass is 10.2. The van der Waals surface area contributed by atoms with E-state index in [4.69, 9.17) is 10.8 Å². The summed E-state index contributed by atoms with van der Waals surface area (Å²) in [5.74, 6) is -7.79. The molecule has 0 bridgehead atoms. The van der Waals surface area contributed by atoms with Crippen molar-refractivity contribution in [1.82, 2.24) is 15.0 Å². The van der Waals surface area contributed by atoms with Gasteiger partial charge in [0.25, 0.3) is 0 Å². The molecule has 0 saturated heterocycles. The van der Waals surface area contributed by atoms with Gasteiger partial charge in [-0.25, -0.2) is 22.2 Å². The predicted octanol–water partition coefficient (Wildman–Crippen LogP) is 0.778. The first-order chi connectivity index (χ1) is 9.81. The van der Waals surface area contributed by atoms with Gasteiger partial charge >= 0.3 is 5.97 Å². The quantitative estimate of drug-likeness (QED) is 0.643. The van der Waals surface area contributed by atoms with Crippen LogP contribution in [0.2, 0.25) is 0 Å². The van der Waals surface area contributed by atoms with Gasteiger partial charge in [-0.05, 0) is 0 Å². The van der Waals surface area contributed by atoms with Crippen LogP contribution >= 0.6 is 0 Å². The summed E-state index contributed by atoms with van der Waals surface area (Å²) in [5.41, 5.74) is 4.17. The molecule has 1 atom stereocenters. The molecule has 0 radical (unpaired) electrons. The second-order valence-electron chi connectivity index (χ2n) is 4.12. The van der Waals surface area contributed by atoms with E-state index in [0.29, 0.717) is 4.68 Å². The lowest BCUT2D eigenvalue weighted by molar-refractivity contribution is -0.138. The molecule has 0 aliphatic carbocycles. The second kappa shape index (κ2) is 5.48. The summed E-state index contributed by atoms with van der Waals surface area (Å²) in [5, 5.41) is 15.4. The van der Waals surface area contributed by atoms with Gasteiger partial charge in [-0.15, -0.1) is 5.10 Å². The topological polar surface area (TPSA) is 94.0 Å². The van der Waals surface area contributed by atoms with Crippen LogP contribution in [0.1, 0.15) is 5.69 Å². The minimum absolute atomic E-state index is 0.00614. The zero-order valence-electron chi connectivity index (χ0n) is 10.2. The van der Waals surface area contributed by atoms with Crippen LogP contribution in [-0.4, -0.2) is 32.1 Å². The normalized spacial score (nSPS) is 12.4. The lowest BCUT2D eigenvalue weighted by Crippen LogP contribution is -2.32. The zero-order valence-corrected chi connectivity index (χ0v) is 10.2. The van der Waals surface area contributed by atoms with E-state index in [2.05, 4.69) is 10.3 Å². The Morgan fingerprint density at radius 1 is 1.29 bits per heavy atom. The highest BCUT2D eigenvalue weighted by Crippen LogP contribution is 2.22. The monoisotopic (exact) mass is 304 g/mol. The van der Waals surface area contributed by atoms with Gasteiger partial charge in [0.05, 0.1) is 11.9 Å². The summed E-state index contributed by atoms with van der Waals surface area (Å²) in [6, 6.07) is -1.24. The van der Waals surface area contributed by atoms with Gasteiger partial charge in [-0.1, -0.05) is 5.21 Å². The number of nitrogens with zero attached hydrogens (tertiary/aromatic N) is 3. The summed E-state index contributed by atoms with van der Waals surface area (Å²) in [4.78, 5) is 10.6. The smallest absolute Gasteiger partial charge is 0.320 e. The Balaban J connectivity index is 2.41. The van der Waals surface area contributed by atoms with E-state index in [1.54, 1.807) is 0 Å². The first kappa shape index (κ1) is 14.9. The summed E-state index contributed by atoms with van der Waals surface area (Å²) >= 11 is 0. The van der Waals surface area contributed by atoms with E-state index >= 15 is 0 Å². The Morgan fingerprint density at radius 3 is 2.38 bits per heavy atom. The van der Waals surface area contributed by atoms with Gasteiger partial charge in [0.2, 0.25) is 0 Å². The number of carboxylic acid groups (broad SMARTS) is 1. The molecule has 6 nitrogen and oxygen atoms in total. The number of benzene rings is 1. The van der Waals surface area contributed by atoms with Gasteiger partial charge in [0.1, 0.15) is 11.7 Å². The number of carboxylic acids is 1. The van der Waals surface area contributed by atoms with Crippen molar-refractivity contribution in [2.75, 3.05) is 0 Å². The number of aromatic nitrogens is 3. The second-order valence-corrected chi connectivity index (χ2v) is 4.12. The molecule has 2 rings (SSSR count). The maximum absolute atomic E-state index is 13.5. The molecule has 112 valence electrons. The van der Waals surface area contributed by atoms with Crippen molar-refractivity contribution in [2.45, 2.75) is 12.5 Å². The van der Waals surface area contributed by atoms with Crippen molar-refractivity contribution in [3.8, 4) is 5.69 Å². The Morgan fingerprint density at radius 2 is 1.86 bits per heavy atom. The van der Waals surface area contributed by atoms with Crippen LogP contribution in [0, 0.1) is 23.3 Å². The van der Waals surface area contributed by atoms with E-state index in [1.165, 1.54) is 0 Å². The number of halogens is 4. The summed E-state index contributed by atoms with van der Waals surface area (Å²) in [6.07, 6.45) is 0.666. The minimum Gasteiger partial charge on any atom is -0.480 e. The predicted molar refractivity (Wildman–Crippen MR) is 60.5 cm³/mol. The third kappa shape index (κ3) is 2.84. The number of carbonyl (C=O) groups is 1. The average molecular weight is 304 g/mol. The van der Waals surface area contributed by atoms with Crippen molar-refractivity contribution >= 4 is 5.97 Å².